The molecule has 0 atom stereocenters. The normalized spacial score (nSPS) is 11.8. The van der Waals surface area contributed by atoms with Crippen molar-refractivity contribution in [2.45, 2.75) is 39.4 Å². The lowest BCUT2D eigenvalue weighted by molar-refractivity contribution is 0.0919. The molecular formula is C28H29ClN6O2. The van der Waals surface area contributed by atoms with Crippen molar-refractivity contribution in [1.29, 1.82) is 0 Å². The van der Waals surface area contributed by atoms with E-state index in [4.69, 9.17) is 11.6 Å². The number of halogens is 1. The molecule has 0 saturated carbocycles. The summed E-state index contributed by atoms with van der Waals surface area (Å²) in [5.41, 5.74) is 4.65. The van der Waals surface area contributed by atoms with Gasteiger partial charge in [-0.3, -0.25) is 4.79 Å². The molecule has 5 rings (SSSR count). The van der Waals surface area contributed by atoms with Gasteiger partial charge in [-0.05, 0) is 62.7 Å². The molecular weight excluding hydrogens is 488 g/mol. The lowest BCUT2D eigenvalue weighted by Crippen LogP contribution is -2.40. The molecule has 0 spiro atoms. The van der Waals surface area contributed by atoms with Crippen molar-refractivity contribution in [1.82, 2.24) is 24.4 Å². The van der Waals surface area contributed by atoms with Gasteiger partial charge in [-0.25, -0.2) is 9.97 Å². The molecule has 3 heterocycles. The van der Waals surface area contributed by atoms with Gasteiger partial charge < -0.3 is 24.9 Å². The van der Waals surface area contributed by atoms with Crippen molar-refractivity contribution in [2.75, 3.05) is 11.9 Å². The molecule has 0 unspecified atom stereocenters. The molecule has 190 valence electrons. The number of hydrogen-bond donors (Lipinski definition) is 3. The number of amides is 1. The van der Waals surface area contributed by atoms with E-state index < -0.39 is 0 Å². The van der Waals surface area contributed by atoms with Crippen molar-refractivity contribution in [3.63, 3.8) is 0 Å². The topological polar surface area (TPSA) is 97.0 Å². The number of hydrogen-bond acceptors (Lipinski definition) is 5. The Kier molecular flexibility index (Phi) is 6.62. The van der Waals surface area contributed by atoms with Crippen molar-refractivity contribution < 1.29 is 9.90 Å². The fourth-order valence-corrected chi connectivity index (χ4v) is 4.81. The van der Waals surface area contributed by atoms with Crippen LogP contribution in [-0.4, -0.2) is 42.3 Å². The lowest BCUT2D eigenvalue weighted by atomic mass is 10.1. The first-order valence-electron chi connectivity index (χ1n) is 12.1. The van der Waals surface area contributed by atoms with Gasteiger partial charge in [0.1, 0.15) is 11.8 Å². The predicted octanol–water partition coefficient (Wildman–Crippen LogP) is 5.35. The van der Waals surface area contributed by atoms with Crippen LogP contribution >= 0.6 is 11.6 Å². The van der Waals surface area contributed by atoms with Crippen LogP contribution in [0, 0.1) is 0 Å². The highest BCUT2D eigenvalue weighted by Gasteiger charge is 2.16. The molecule has 8 nitrogen and oxygen atoms in total. The van der Waals surface area contributed by atoms with Crippen LogP contribution in [0.25, 0.3) is 21.9 Å². The molecule has 2 aromatic carbocycles. The molecule has 3 aromatic heterocycles. The summed E-state index contributed by atoms with van der Waals surface area (Å²) in [6.45, 7) is 6.94. The fourth-order valence-electron chi connectivity index (χ4n) is 4.47. The van der Waals surface area contributed by atoms with Crippen molar-refractivity contribution in [3.8, 4) is 0 Å². The number of aliphatic hydroxyl groups is 1. The van der Waals surface area contributed by atoms with Crippen LogP contribution in [0.1, 0.15) is 36.7 Å². The Morgan fingerprint density at radius 2 is 1.84 bits per heavy atom. The van der Waals surface area contributed by atoms with Crippen molar-refractivity contribution in [2.24, 2.45) is 0 Å². The van der Waals surface area contributed by atoms with E-state index in [1.165, 1.54) is 6.33 Å². The Morgan fingerprint density at radius 3 is 2.62 bits per heavy atom. The molecule has 0 aliphatic carbocycles. The fraction of sp³-hybridized carbons (Fsp3) is 0.250. The highest BCUT2D eigenvalue weighted by Crippen LogP contribution is 2.32. The van der Waals surface area contributed by atoms with Crippen LogP contribution in [0.4, 0.5) is 11.5 Å². The minimum Gasteiger partial charge on any atom is -0.395 e. The largest absolute Gasteiger partial charge is 0.395 e. The zero-order chi connectivity index (χ0) is 26.2. The molecule has 0 saturated heterocycles. The van der Waals surface area contributed by atoms with Gasteiger partial charge in [-0.2, -0.15) is 0 Å². The summed E-state index contributed by atoms with van der Waals surface area (Å²) < 4.78 is 4.00. The number of aromatic nitrogens is 4. The van der Waals surface area contributed by atoms with E-state index in [0.29, 0.717) is 29.5 Å². The Bertz CT molecular complexity index is 1600. The summed E-state index contributed by atoms with van der Waals surface area (Å²) in [6, 6.07) is 15.5. The molecule has 3 N–H and O–H groups in total. The molecule has 0 aliphatic heterocycles. The Balaban J connectivity index is 1.42. The van der Waals surface area contributed by atoms with Gasteiger partial charge in [0.25, 0.3) is 5.91 Å². The summed E-state index contributed by atoms with van der Waals surface area (Å²) in [5, 5.41) is 17.4. The van der Waals surface area contributed by atoms with Gasteiger partial charge in [0, 0.05) is 47.7 Å². The minimum atomic E-state index is -0.303. The van der Waals surface area contributed by atoms with Gasteiger partial charge in [0.15, 0.2) is 5.82 Å². The third kappa shape index (κ3) is 5.30. The summed E-state index contributed by atoms with van der Waals surface area (Å²) in [7, 11) is 0. The predicted molar refractivity (Wildman–Crippen MR) is 148 cm³/mol. The highest BCUT2D eigenvalue weighted by atomic mass is 35.5. The molecule has 0 aliphatic rings. The Morgan fingerprint density at radius 1 is 1.03 bits per heavy atom. The quantitative estimate of drug-likeness (QED) is 0.271. The zero-order valence-corrected chi connectivity index (χ0v) is 21.8. The van der Waals surface area contributed by atoms with Gasteiger partial charge in [-0.1, -0.05) is 23.7 Å². The summed E-state index contributed by atoms with van der Waals surface area (Å²) in [6.07, 6.45) is 5.40. The average Bonchev–Trinajstić information content (AvgIpc) is 3.43. The van der Waals surface area contributed by atoms with Crippen LogP contribution in [0.15, 0.2) is 67.3 Å². The van der Waals surface area contributed by atoms with E-state index in [2.05, 4.69) is 25.2 Å². The second-order valence-electron chi connectivity index (χ2n) is 10.1. The molecule has 0 radical (unpaired) electrons. The maximum atomic E-state index is 12.6. The van der Waals surface area contributed by atoms with E-state index in [-0.39, 0.29) is 18.1 Å². The van der Waals surface area contributed by atoms with Gasteiger partial charge >= 0.3 is 0 Å². The molecule has 5 aromatic rings. The van der Waals surface area contributed by atoms with Gasteiger partial charge in [0.05, 0.1) is 22.7 Å². The van der Waals surface area contributed by atoms with Crippen LogP contribution in [0.2, 0.25) is 5.02 Å². The maximum Gasteiger partial charge on any atom is 0.251 e. The van der Waals surface area contributed by atoms with Crippen LogP contribution in [0.3, 0.4) is 0 Å². The summed E-state index contributed by atoms with van der Waals surface area (Å²) in [4.78, 5) is 21.4. The standard InChI is InChI=1S/C28H29ClN6O2/c1-28(2,3)33-27(37)20-6-4-5-18(13-20)16-35-9-7-19-14-21(15-22(29)24(19)35)32-26-25-23(30-17-31-26)8-10-34(25)11-12-36/h4-10,13-15,17,36H,11-12,16H2,1-3H3,(H,33,37)(H,30,31,32). The Labute approximate surface area is 219 Å². The monoisotopic (exact) mass is 516 g/mol. The average molecular weight is 517 g/mol. The number of fused-ring (bicyclic) bond motifs is 2. The van der Waals surface area contributed by atoms with Gasteiger partial charge in [-0.15, -0.1) is 0 Å². The first-order valence-corrected chi connectivity index (χ1v) is 12.5. The smallest absolute Gasteiger partial charge is 0.251 e. The van der Waals surface area contributed by atoms with Crippen LogP contribution in [-0.2, 0) is 13.1 Å². The molecule has 9 heteroatoms. The number of aliphatic hydroxyl groups excluding tert-OH is 1. The molecule has 0 bridgehead atoms. The number of carbonyl (C=O) groups excluding carboxylic acids is 1. The SMILES string of the molecule is CC(C)(C)NC(=O)c1cccc(Cn2ccc3cc(Nc4ncnc5ccn(CCO)c45)cc(Cl)c32)c1. The number of nitrogens with zero attached hydrogens (tertiary/aromatic N) is 4. The first kappa shape index (κ1) is 24.8. The number of benzene rings is 2. The van der Waals surface area contributed by atoms with Crippen LogP contribution in [0.5, 0.6) is 0 Å². The van der Waals surface area contributed by atoms with Crippen molar-refractivity contribution >= 4 is 50.9 Å². The van der Waals surface area contributed by atoms with E-state index in [0.717, 1.165) is 33.2 Å². The van der Waals surface area contributed by atoms with Crippen molar-refractivity contribution in [3.05, 3.63) is 83.4 Å². The van der Waals surface area contributed by atoms with Gasteiger partial charge in [0.2, 0.25) is 0 Å². The van der Waals surface area contributed by atoms with E-state index >= 15 is 0 Å². The maximum absolute atomic E-state index is 12.6. The summed E-state index contributed by atoms with van der Waals surface area (Å²) >= 11 is 6.78. The van der Waals surface area contributed by atoms with E-state index in [9.17, 15) is 9.90 Å². The lowest BCUT2D eigenvalue weighted by Gasteiger charge is -2.20. The third-order valence-electron chi connectivity index (χ3n) is 6.00. The highest BCUT2D eigenvalue weighted by molar-refractivity contribution is 6.35. The first-order chi connectivity index (χ1) is 17.7. The second kappa shape index (κ2) is 9.88. The summed E-state index contributed by atoms with van der Waals surface area (Å²) in [5.74, 6) is 0.549. The zero-order valence-electron chi connectivity index (χ0n) is 21.0. The number of carbonyl (C=O) groups is 1. The van der Waals surface area contributed by atoms with E-state index in [1.54, 1.807) is 0 Å². The number of nitrogens with one attached hydrogen (secondary N) is 2. The Hall–Kier alpha value is -3.88. The third-order valence-corrected chi connectivity index (χ3v) is 6.29. The number of anilines is 2. The number of rotatable bonds is 7. The minimum absolute atomic E-state index is 0.0214. The van der Waals surface area contributed by atoms with E-state index in [1.807, 2.05) is 86.3 Å². The molecule has 37 heavy (non-hydrogen) atoms. The van der Waals surface area contributed by atoms with Crippen LogP contribution < -0.4 is 10.6 Å². The molecule has 0 fully saturated rings. The molecule has 1 amide bonds. The second-order valence-corrected chi connectivity index (χ2v) is 10.5.